The summed E-state index contributed by atoms with van der Waals surface area (Å²) in [7, 11) is -3.49. The molecule has 18 heavy (non-hydrogen) atoms. The van der Waals surface area contributed by atoms with Gasteiger partial charge in [0.05, 0.1) is 19.4 Å². The van der Waals surface area contributed by atoms with Crippen molar-refractivity contribution in [1.82, 2.24) is 19.8 Å². The predicted octanol–water partition coefficient (Wildman–Crippen LogP) is -0.591. The summed E-state index contributed by atoms with van der Waals surface area (Å²) in [6, 6.07) is 1.28. The predicted molar refractivity (Wildman–Crippen MR) is 65.6 cm³/mol. The molecule has 1 aliphatic rings. The molecule has 0 aliphatic carbocycles. The molecule has 0 amide bonds. The van der Waals surface area contributed by atoms with E-state index in [9.17, 15) is 8.42 Å². The molecule has 8 heteroatoms. The first-order valence-corrected chi connectivity index (χ1v) is 7.38. The fourth-order valence-electron chi connectivity index (χ4n) is 1.93. The van der Waals surface area contributed by atoms with Crippen LogP contribution >= 0.6 is 0 Å². The van der Waals surface area contributed by atoms with E-state index in [2.05, 4.69) is 19.8 Å². The minimum atomic E-state index is -3.49. The number of H-pyrrole nitrogens is 1. The summed E-state index contributed by atoms with van der Waals surface area (Å²) in [5, 5.41) is 6.19. The zero-order valence-corrected chi connectivity index (χ0v) is 11.1. The highest BCUT2D eigenvalue weighted by atomic mass is 32.2. The number of sulfonamides is 1. The van der Waals surface area contributed by atoms with Crippen molar-refractivity contribution in [3.05, 3.63) is 12.3 Å². The molecule has 102 valence electrons. The second kappa shape index (κ2) is 5.79. The Balaban J connectivity index is 1.88. The number of morpholine rings is 1. The standard InChI is InChI=1S/C10H18N4O3S/c1-9(8-14-4-6-17-7-5-14)13-18(15,16)10-2-3-11-12-10/h2-3,9,13H,4-8H2,1H3,(H,11,12). The lowest BCUT2D eigenvalue weighted by Crippen LogP contribution is -2.46. The molecule has 2 heterocycles. The molecule has 1 aromatic heterocycles. The van der Waals surface area contributed by atoms with Crippen LogP contribution in [-0.4, -0.2) is 62.4 Å². The maximum atomic E-state index is 11.9. The third-order valence-corrected chi connectivity index (χ3v) is 4.28. The van der Waals surface area contributed by atoms with E-state index in [-0.39, 0.29) is 11.1 Å². The van der Waals surface area contributed by atoms with Gasteiger partial charge in [0.15, 0.2) is 5.03 Å². The maximum absolute atomic E-state index is 11.9. The first kappa shape index (κ1) is 13.5. The van der Waals surface area contributed by atoms with E-state index >= 15 is 0 Å². The van der Waals surface area contributed by atoms with Crippen molar-refractivity contribution in [2.75, 3.05) is 32.8 Å². The van der Waals surface area contributed by atoms with Gasteiger partial charge in [0.1, 0.15) is 0 Å². The minimum Gasteiger partial charge on any atom is -0.379 e. The van der Waals surface area contributed by atoms with E-state index in [0.717, 1.165) is 13.1 Å². The molecular weight excluding hydrogens is 256 g/mol. The Bertz CT molecular complexity index is 453. The molecule has 0 aromatic carbocycles. The van der Waals surface area contributed by atoms with Gasteiger partial charge in [0.2, 0.25) is 0 Å². The van der Waals surface area contributed by atoms with Crippen LogP contribution in [0, 0.1) is 0 Å². The number of rotatable bonds is 5. The summed E-state index contributed by atoms with van der Waals surface area (Å²) in [5.41, 5.74) is 0. The highest BCUT2D eigenvalue weighted by Crippen LogP contribution is 2.05. The summed E-state index contributed by atoms with van der Waals surface area (Å²) in [5.74, 6) is 0. The van der Waals surface area contributed by atoms with Crippen molar-refractivity contribution in [3.63, 3.8) is 0 Å². The van der Waals surface area contributed by atoms with E-state index in [4.69, 9.17) is 4.74 Å². The summed E-state index contributed by atoms with van der Waals surface area (Å²) in [6.07, 6.45) is 1.42. The Kier molecular flexibility index (Phi) is 4.33. The molecule has 0 bridgehead atoms. The fourth-order valence-corrected chi connectivity index (χ4v) is 3.07. The first-order chi connectivity index (χ1) is 8.58. The van der Waals surface area contributed by atoms with Gasteiger partial charge in [-0.1, -0.05) is 0 Å². The van der Waals surface area contributed by atoms with E-state index in [0.29, 0.717) is 19.8 Å². The SMILES string of the molecule is CC(CN1CCOCC1)NS(=O)(=O)c1ccn[nH]1. The van der Waals surface area contributed by atoms with Gasteiger partial charge in [-0.05, 0) is 13.0 Å². The fraction of sp³-hybridized carbons (Fsp3) is 0.700. The molecule has 2 N–H and O–H groups in total. The number of aromatic amines is 1. The average Bonchev–Trinajstić information content (AvgIpc) is 2.83. The smallest absolute Gasteiger partial charge is 0.257 e. The lowest BCUT2D eigenvalue weighted by molar-refractivity contribution is 0.0354. The van der Waals surface area contributed by atoms with Crippen LogP contribution < -0.4 is 4.72 Å². The van der Waals surface area contributed by atoms with Crippen molar-refractivity contribution in [2.45, 2.75) is 18.0 Å². The number of nitrogens with one attached hydrogen (secondary N) is 2. The van der Waals surface area contributed by atoms with Crippen LogP contribution in [0.2, 0.25) is 0 Å². The zero-order valence-electron chi connectivity index (χ0n) is 10.3. The van der Waals surface area contributed by atoms with Crippen LogP contribution in [0.4, 0.5) is 0 Å². The number of nitrogens with zero attached hydrogens (tertiary/aromatic N) is 2. The molecule has 0 radical (unpaired) electrons. The van der Waals surface area contributed by atoms with Gasteiger partial charge in [-0.25, -0.2) is 13.1 Å². The molecule has 2 rings (SSSR count). The van der Waals surface area contributed by atoms with E-state index < -0.39 is 10.0 Å². The monoisotopic (exact) mass is 274 g/mol. The summed E-state index contributed by atoms with van der Waals surface area (Å²) < 4.78 is 31.7. The van der Waals surface area contributed by atoms with Gasteiger partial charge in [-0.2, -0.15) is 5.10 Å². The van der Waals surface area contributed by atoms with E-state index in [1.807, 2.05) is 6.92 Å². The van der Waals surface area contributed by atoms with Crippen LogP contribution in [0.1, 0.15) is 6.92 Å². The molecule has 1 aromatic rings. The topological polar surface area (TPSA) is 87.3 Å². The second-order valence-electron chi connectivity index (χ2n) is 4.36. The molecule has 0 saturated carbocycles. The van der Waals surface area contributed by atoms with E-state index in [1.54, 1.807) is 0 Å². The number of hydrogen-bond donors (Lipinski definition) is 2. The quantitative estimate of drug-likeness (QED) is 0.749. The van der Waals surface area contributed by atoms with Gasteiger partial charge >= 0.3 is 0 Å². The van der Waals surface area contributed by atoms with Crippen LogP contribution in [0.3, 0.4) is 0 Å². The largest absolute Gasteiger partial charge is 0.379 e. The molecule has 1 unspecified atom stereocenters. The van der Waals surface area contributed by atoms with Crippen molar-refractivity contribution in [1.29, 1.82) is 0 Å². The van der Waals surface area contributed by atoms with Gasteiger partial charge < -0.3 is 4.74 Å². The molecule has 1 saturated heterocycles. The molecule has 1 aliphatic heterocycles. The van der Waals surface area contributed by atoms with E-state index in [1.165, 1.54) is 12.3 Å². The van der Waals surface area contributed by atoms with Crippen LogP contribution in [-0.2, 0) is 14.8 Å². The van der Waals surface area contributed by atoms with Crippen LogP contribution in [0.5, 0.6) is 0 Å². The number of hydrogen-bond acceptors (Lipinski definition) is 5. The van der Waals surface area contributed by atoms with Gasteiger partial charge in [-0.15, -0.1) is 0 Å². The number of aromatic nitrogens is 2. The second-order valence-corrected chi connectivity index (χ2v) is 6.04. The molecule has 0 spiro atoms. The van der Waals surface area contributed by atoms with Crippen LogP contribution in [0.25, 0.3) is 0 Å². The number of ether oxygens (including phenoxy) is 1. The Hall–Kier alpha value is -0.960. The molecular formula is C10H18N4O3S. The third-order valence-electron chi connectivity index (χ3n) is 2.76. The first-order valence-electron chi connectivity index (χ1n) is 5.90. The Morgan fingerprint density at radius 3 is 2.89 bits per heavy atom. The summed E-state index contributed by atoms with van der Waals surface area (Å²) >= 11 is 0. The van der Waals surface area contributed by atoms with Crippen molar-refractivity contribution >= 4 is 10.0 Å². The Morgan fingerprint density at radius 1 is 1.56 bits per heavy atom. The van der Waals surface area contributed by atoms with Crippen LogP contribution in [0.15, 0.2) is 17.3 Å². The Labute approximate surface area is 107 Å². The Morgan fingerprint density at radius 2 is 2.28 bits per heavy atom. The lowest BCUT2D eigenvalue weighted by atomic mass is 10.3. The molecule has 7 nitrogen and oxygen atoms in total. The molecule has 1 fully saturated rings. The lowest BCUT2D eigenvalue weighted by Gasteiger charge is -2.29. The van der Waals surface area contributed by atoms with Crippen molar-refractivity contribution < 1.29 is 13.2 Å². The highest BCUT2D eigenvalue weighted by molar-refractivity contribution is 7.89. The zero-order chi connectivity index (χ0) is 13.0. The van der Waals surface area contributed by atoms with Gasteiger partial charge in [-0.3, -0.25) is 10.00 Å². The highest BCUT2D eigenvalue weighted by Gasteiger charge is 2.20. The van der Waals surface area contributed by atoms with Gasteiger partial charge in [0.25, 0.3) is 10.0 Å². The average molecular weight is 274 g/mol. The normalized spacial score (nSPS) is 19.8. The van der Waals surface area contributed by atoms with Crippen molar-refractivity contribution in [2.24, 2.45) is 0 Å². The summed E-state index contributed by atoms with van der Waals surface area (Å²) in [4.78, 5) is 2.18. The summed E-state index contributed by atoms with van der Waals surface area (Å²) in [6.45, 7) is 5.63. The van der Waals surface area contributed by atoms with Gasteiger partial charge in [0, 0.05) is 25.7 Å². The third kappa shape index (κ3) is 3.52. The van der Waals surface area contributed by atoms with Crippen molar-refractivity contribution in [3.8, 4) is 0 Å². The minimum absolute atomic E-state index is 0.0938. The molecule has 1 atom stereocenters. The maximum Gasteiger partial charge on any atom is 0.257 e.